The van der Waals surface area contributed by atoms with E-state index >= 15 is 0 Å². The highest BCUT2D eigenvalue weighted by Gasteiger charge is 2.22. The van der Waals surface area contributed by atoms with E-state index in [0.29, 0.717) is 26.4 Å². The van der Waals surface area contributed by atoms with Crippen molar-refractivity contribution in [3.8, 4) is 0 Å². The van der Waals surface area contributed by atoms with E-state index in [1.54, 1.807) is 0 Å². The van der Waals surface area contributed by atoms with Gasteiger partial charge in [-0.25, -0.2) is 4.79 Å². The van der Waals surface area contributed by atoms with Crippen molar-refractivity contribution in [3.63, 3.8) is 0 Å². The SMILES string of the molecule is O=C(NC[C@@H]1COCCO1)Nc1ccccc1N1CCc2ccccc21. The number of benzene rings is 2. The predicted octanol–water partition coefficient (Wildman–Crippen LogP) is 2.92. The number of rotatable bonds is 4. The molecule has 6 heteroatoms. The van der Waals surface area contributed by atoms with Crippen LogP contribution in [-0.2, 0) is 15.9 Å². The predicted molar refractivity (Wildman–Crippen MR) is 101 cm³/mol. The fourth-order valence-corrected chi connectivity index (χ4v) is 3.43. The van der Waals surface area contributed by atoms with Crippen LogP contribution in [0.1, 0.15) is 5.56 Å². The summed E-state index contributed by atoms with van der Waals surface area (Å²) in [4.78, 5) is 14.6. The van der Waals surface area contributed by atoms with E-state index < -0.39 is 0 Å². The summed E-state index contributed by atoms with van der Waals surface area (Å²) in [6.07, 6.45) is 0.922. The molecule has 2 N–H and O–H groups in total. The third kappa shape index (κ3) is 3.66. The van der Waals surface area contributed by atoms with Crippen molar-refractivity contribution in [2.75, 3.05) is 43.1 Å². The third-order valence-corrected chi connectivity index (χ3v) is 4.71. The summed E-state index contributed by atoms with van der Waals surface area (Å²) in [5, 5.41) is 5.83. The summed E-state index contributed by atoms with van der Waals surface area (Å²) in [7, 11) is 0. The Labute approximate surface area is 153 Å². The molecule has 1 saturated heterocycles. The van der Waals surface area contributed by atoms with E-state index in [9.17, 15) is 4.79 Å². The van der Waals surface area contributed by atoms with Crippen LogP contribution in [0.15, 0.2) is 48.5 Å². The first kappa shape index (κ1) is 16.9. The van der Waals surface area contributed by atoms with Gasteiger partial charge in [0.2, 0.25) is 0 Å². The minimum atomic E-state index is -0.237. The van der Waals surface area contributed by atoms with Crippen molar-refractivity contribution in [2.45, 2.75) is 12.5 Å². The van der Waals surface area contributed by atoms with Crippen LogP contribution in [0, 0.1) is 0 Å². The van der Waals surface area contributed by atoms with Gasteiger partial charge in [-0.2, -0.15) is 0 Å². The van der Waals surface area contributed by atoms with Gasteiger partial charge in [0.1, 0.15) is 0 Å². The quantitative estimate of drug-likeness (QED) is 0.887. The highest BCUT2D eigenvalue weighted by molar-refractivity contribution is 5.94. The van der Waals surface area contributed by atoms with Crippen molar-refractivity contribution < 1.29 is 14.3 Å². The minimum Gasteiger partial charge on any atom is -0.376 e. The lowest BCUT2D eigenvalue weighted by molar-refractivity contribution is -0.0852. The minimum absolute atomic E-state index is 0.0878. The van der Waals surface area contributed by atoms with Gasteiger partial charge in [0.25, 0.3) is 0 Å². The second kappa shape index (κ2) is 7.76. The summed E-state index contributed by atoms with van der Waals surface area (Å²) in [5.74, 6) is 0. The van der Waals surface area contributed by atoms with Gasteiger partial charge in [-0.1, -0.05) is 30.3 Å². The molecule has 0 aromatic heterocycles. The van der Waals surface area contributed by atoms with Crippen molar-refractivity contribution in [1.82, 2.24) is 5.32 Å². The van der Waals surface area contributed by atoms with Crippen molar-refractivity contribution >= 4 is 23.1 Å². The van der Waals surface area contributed by atoms with Gasteiger partial charge < -0.3 is 25.0 Å². The van der Waals surface area contributed by atoms with E-state index in [4.69, 9.17) is 9.47 Å². The number of urea groups is 1. The molecule has 0 aliphatic carbocycles. The fourth-order valence-electron chi connectivity index (χ4n) is 3.43. The maximum Gasteiger partial charge on any atom is 0.319 e. The van der Waals surface area contributed by atoms with Crippen LogP contribution >= 0.6 is 0 Å². The van der Waals surface area contributed by atoms with Crippen LogP contribution in [0.5, 0.6) is 0 Å². The Hall–Kier alpha value is -2.57. The number of anilines is 3. The lowest BCUT2D eigenvalue weighted by Gasteiger charge is -2.24. The molecule has 1 atom stereocenters. The molecule has 0 spiro atoms. The van der Waals surface area contributed by atoms with E-state index in [0.717, 1.165) is 24.3 Å². The molecule has 1 fully saturated rings. The molecule has 0 saturated carbocycles. The molecule has 26 heavy (non-hydrogen) atoms. The van der Waals surface area contributed by atoms with Crippen molar-refractivity contribution in [3.05, 3.63) is 54.1 Å². The Morgan fingerprint density at radius 3 is 2.73 bits per heavy atom. The number of amides is 2. The molecule has 2 heterocycles. The number of nitrogens with zero attached hydrogens (tertiary/aromatic N) is 1. The summed E-state index contributed by atoms with van der Waals surface area (Å²) >= 11 is 0. The summed E-state index contributed by atoms with van der Waals surface area (Å²) in [6, 6.07) is 16.0. The molecular weight excluding hydrogens is 330 g/mol. The monoisotopic (exact) mass is 353 g/mol. The Morgan fingerprint density at radius 2 is 1.88 bits per heavy atom. The second-order valence-electron chi connectivity index (χ2n) is 6.45. The van der Waals surface area contributed by atoms with Crippen LogP contribution in [-0.4, -0.2) is 45.0 Å². The second-order valence-corrected chi connectivity index (χ2v) is 6.45. The Bertz CT molecular complexity index is 774. The lowest BCUT2D eigenvalue weighted by Crippen LogP contribution is -2.41. The fraction of sp³-hybridized carbons (Fsp3) is 0.350. The molecule has 6 nitrogen and oxygen atoms in total. The van der Waals surface area contributed by atoms with Gasteiger partial charge in [0.05, 0.1) is 37.3 Å². The van der Waals surface area contributed by atoms with E-state index in [2.05, 4.69) is 33.7 Å². The van der Waals surface area contributed by atoms with Crippen LogP contribution in [0.25, 0.3) is 0 Å². The molecular formula is C20H23N3O3. The molecule has 2 aliphatic heterocycles. The molecule has 0 radical (unpaired) electrons. The molecule has 4 rings (SSSR count). The highest BCUT2D eigenvalue weighted by Crippen LogP contribution is 2.37. The number of fused-ring (bicyclic) bond motifs is 1. The van der Waals surface area contributed by atoms with Crippen LogP contribution < -0.4 is 15.5 Å². The smallest absolute Gasteiger partial charge is 0.319 e. The van der Waals surface area contributed by atoms with Gasteiger partial charge in [0.15, 0.2) is 0 Å². The normalized spacial score (nSPS) is 19.1. The Kier molecular flexibility index (Phi) is 5.04. The number of para-hydroxylation sites is 3. The van der Waals surface area contributed by atoms with Crippen LogP contribution in [0.2, 0.25) is 0 Å². The largest absolute Gasteiger partial charge is 0.376 e. The lowest BCUT2D eigenvalue weighted by atomic mass is 10.2. The van der Waals surface area contributed by atoms with Gasteiger partial charge in [0, 0.05) is 18.8 Å². The number of carbonyl (C=O) groups is 1. The molecule has 2 aromatic carbocycles. The number of hydrogen-bond donors (Lipinski definition) is 2. The number of hydrogen-bond acceptors (Lipinski definition) is 4. The summed E-state index contributed by atoms with van der Waals surface area (Å²) in [5.41, 5.74) is 4.34. The zero-order chi connectivity index (χ0) is 17.8. The van der Waals surface area contributed by atoms with Crippen molar-refractivity contribution in [1.29, 1.82) is 0 Å². The van der Waals surface area contributed by atoms with Gasteiger partial charge >= 0.3 is 6.03 Å². The van der Waals surface area contributed by atoms with Crippen LogP contribution in [0.4, 0.5) is 21.9 Å². The average Bonchev–Trinajstić information content (AvgIpc) is 3.12. The highest BCUT2D eigenvalue weighted by atomic mass is 16.6. The topological polar surface area (TPSA) is 62.8 Å². The first-order valence-electron chi connectivity index (χ1n) is 9.00. The molecule has 136 valence electrons. The first-order chi connectivity index (χ1) is 12.8. The molecule has 0 bridgehead atoms. The average molecular weight is 353 g/mol. The van der Waals surface area contributed by atoms with Gasteiger partial charge in [-0.05, 0) is 30.2 Å². The van der Waals surface area contributed by atoms with Gasteiger partial charge in [-0.3, -0.25) is 0 Å². The van der Waals surface area contributed by atoms with E-state index in [1.807, 2.05) is 30.3 Å². The number of nitrogens with one attached hydrogen (secondary N) is 2. The molecule has 2 aromatic rings. The zero-order valence-electron chi connectivity index (χ0n) is 14.6. The third-order valence-electron chi connectivity index (χ3n) is 4.71. The van der Waals surface area contributed by atoms with Crippen molar-refractivity contribution in [2.24, 2.45) is 0 Å². The first-order valence-corrected chi connectivity index (χ1v) is 9.00. The molecule has 2 aliphatic rings. The van der Waals surface area contributed by atoms with E-state index in [1.165, 1.54) is 11.3 Å². The Morgan fingerprint density at radius 1 is 1.08 bits per heavy atom. The maximum atomic E-state index is 12.3. The number of ether oxygens (including phenoxy) is 2. The van der Waals surface area contributed by atoms with Crippen LogP contribution in [0.3, 0.4) is 0 Å². The van der Waals surface area contributed by atoms with Gasteiger partial charge in [-0.15, -0.1) is 0 Å². The summed E-state index contributed by atoms with van der Waals surface area (Å²) < 4.78 is 10.9. The molecule has 2 amide bonds. The number of carbonyl (C=O) groups excluding carboxylic acids is 1. The molecule has 0 unspecified atom stereocenters. The maximum absolute atomic E-state index is 12.3. The standard InChI is InChI=1S/C20H23N3O3/c24-20(21-13-16-14-25-11-12-26-16)22-17-6-2-4-8-19(17)23-10-9-15-5-1-3-7-18(15)23/h1-8,16H,9-14H2,(H2,21,22,24)/t16-/m1/s1. The summed E-state index contributed by atoms with van der Waals surface area (Å²) in [6.45, 7) is 3.05. The van der Waals surface area contributed by atoms with E-state index in [-0.39, 0.29) is 12.1 Å². The Balaban J connectivity index is 1.44. The zero-order valence-corrected chi connectivity index (χ0v) is 14.6.